The summed E-state index contributed by atoms with van der Waals surface area (Å²) in [6, 6.07) is 10.3. The molecule has 0 heterocycles. The first-order valence-corrected chi connectivity index (χ1v) is 16.1. The summed E-state index contributed by atoms with van der Waals surface area (Å²) in [6.07, 6.45) is 19.6. The molecule has 8 atom stereocenters. The summed E-state index contributed by atoms with van der Waals surface area (Å²) < 4.78 is 0. The summed E-state index contributed by atoms with van der Waals surface area (Å²) in [6.45, 7) is 20.0. The van der Waals surface area contributed by atoms with E-state index in [9.17, 15) is 0 Å². The van der Waals surface area contributed by atoms with Crippen molar-refractivity contribution in [2.75, 3.05) is 0 Å². The quantitative estimate of drug-likeness (QED) is 0.365. The molecule has 0 aliphatic heterocycles. The van der Waals surface area contributed by atoms with Crippen LogP contribution in [0.15, 0.2) is 72.9 Å². The topological polar surface area (TPSA) is 0 Å². The number of benzene rings is 2. The highest BCUT2D eigenvalue weighted by Crippen LogP contribution is 2.75. The Kier molecular flexibility index (Phi) is 5.04. The van der Waals surface area contributed by atoms with Gasteiger partial charge in [0.25, 0.3) is 0 Å². The number of allylic oxidation sites excluding steroid dienone is 8. The van der Waals surface area contributed by atoms with E-state index in [0.717, 1.165) is 0 Å². The van der Waals surface area contributed by atoms with Crippen molar-refractivity contribution < 1.29 is 0 Å². The van der Waals surface area contributed by atoms with Crippen LogP contribution in [0.5, 0.6) is 0 Å². The average molecular weight is 527 g/mol. The highest BCUT2D eigenvalue weighted by atomic mass is 14.7. The van der Waals surface area contributed by atoms with Gasteiger partial charge in [-0.25, -0.2) is 0 Å². The van der Waals surface area contributed by atoms with E-state index >= 15 is 0 Å². The van der Waals surface area contributed by atoms with Gasteiger partial charge >= 0.3 is 0 Å². The van der Waals surface area contributed by atoms with Gasteiger partial charge in [0, 0.05) is 0 Å². The van der Waals surface area contributed by atoms with Gasteiger partial charge in [-0.2, -0.15) is 0 Å². The van der Waals surface area contributed by atoms with Crippen LogP contribution in [-0.2, 0) is 0 Å². The zero-order valence-electron chi connectivity index (χ0n) is 25.7. The maximum absolute atomic E-state index is 2.60. The average Bonchev–Trinajstić information content (AvgIpc) is 3.32. The zero-order valence-corrected chi connectivity index (χ0v) is 25.7. The van der Waals surface area contributed by atoms with E-state index in [1.807, 2.05) is 0 Å². The van der Waals surface area contributed by atoms with Gasteiger partial charge in [0.05, 0.1) is 0 Å². The van der Waals surface area contributed by atoms with Crippen molar-refractivity contribution in [1.82, 2.24) is 0 Å². The van der Waals surface area contributed by atoms with E-state index in [4.69, 9.17) is 0 Å². The summed E-state index contributed by atoms with van der Waals surface area (Å²) >= 11 is 0. The Morgan fingerprint density at radius 2 is 0.900 bits per heavy atom. The van der Waals surface area contributed by atoms with Gasteiger partial charge in [-0.3, -0.25) is 0 Å². The van der Waals surface area contributed by atoms with Gasteiger partial charge in [-0.1, -0.05) is 128 Å². The van der Waals surface area contributed by atoms with Crippen LogP contribution < -0.4 is 0 Å². The van der Waals surface area contributed by atoms with E-state index in [2.05, 4.69) is 128 Å². The Morgan fingerprint density at radius 1 is 0.525 bits per heavy atom. The molecule has 0 N–H and O–H groups in total. The van der Waals surface area contributed by atoms with Gasteiger partial charge in [0.2, 0.25) is 0 Å². The summed E-state index contributed by atoms with van der Waals surface area (Å²) in [4.78, 5) is 0. The summed E-state index contributed by atoms with van der Waals surface area (Å²) in [5, 5.41) is 0. The lowest BCUT2D eigenvalue weighted by atomic mass is 9.55. The van der Waals surface area contributed by atoms with Crippen molar-refractivity contribution in [3.8, 4) is 11.1 Å². The molecule has 0 aromatic heterocycles. The molecule has 0 heteroatoms. The summed E-state index contributed by atoms with van der Waals surface area (Å²) in [5.74, 6) is 5.49. The fraction of sp³-hybridized carbons (Fsp3) is 0.500. The van der Waals surface area contributed by atoms with Crippen LogP contribution in [0.25, 0.3) is 11.1 Å². The number of rotatable bonds is 2. The predicted molar refractivity (Wildman–Crippen MR) is 169 cm³/mol. The largest absolute Gasteiger partial charge is 0.0803 e. The second-order valence-electron chi connectivity index (χ2n) is 15.8. The van der Waals surface area contributed by atoms with E-state index < -0.39 is 0 Å². The Labute approximate surface area is 242 Å². The van der Waals surface area contributed by atoms with Crippen molar-refractivity contribution in [2.45, 2.75) is 90.9 Å². The maximum atomic E-state index is 2.60. The normalized spacial score (nSPS) is 36.0. The minimum absolute atomic E-state index is 0.202. The molecule has 0 spiro atoms. The van der Waals surface area contributed by atoms with Gasteiger partial charge in [0.1, 0.15) is 0 Å². The van der Waals surface area contributed by atoms with E-state index in [-0.39, 0.29) is 10.8 Å². The molecule has 2 aromatic carbocycles. The van der Waals surface area contributed by atoms with Crippen molar-refractivity contribution in [2.24, 2.45) is 34.5 Å². The molecule has 40 heavy (non-hydrogen) atoms. The smallest absolute Gasteiger partial charge is 0.000954 e. The summed E-state index contributed by atoms with van der Waals surface area (Å²) in [7, 11) is 0. The highest BCUT2D eigenvalue weighted by molar-refractivity contribution is 5.87. The summed E-state index contributed by atoms with van der Waals surface area (Å²) in [5.41, 5.74) is 13.7. The van der Waals surface area contributed by atoms with E-state index in [1.165, 1.54) is 0 Å². The number of fused-ring (bicyclic) bond motifs is 10. The minimum atomic E-state index is 0.202. The van der Waals surface area contributed by atoms with Gasteiger partial charge < -0.3 is 0 Å². The second-order valence-corrected chi connectivity index (χ2v) is 15.8. The highest BCUT2D eigenvalue weighted by Gasteiger charge is 2.62. The molecule has 0 saturated heterocycles. The van der Waals surface area contributed by atoms with Crippen LogP contribution >= 0.6 is 0 Å². The van der Waals surface area contributed by atoms with E-state index in [1.54, 1.807) is 44.5 Å². The molecule has 2 fully saturated rings. The third kappa shape index (κ3) is 2.84. The lowest BCUT2D eigenvalue weighted by Gasteiger charge is -2.48. The van der Waals surface area contributed by atoms with Crippen LogP contribution in [0.3, 0.4) is 0 Å². The number of hydrogen-bond donors (Lipinski definition) is 0. The molecule has 0 nitrogen and oxygen atoms in total. The molecule has 6 aliphatic rings. The van der Waals surface area contributed by atoms with Crippen LogP contribution in [0.1, 0.15) is 124 Å². The van der Waals surface area contributed by atoms with Crippen LogP contribution in [-0.4, -0.2) is 0 Å². The van der Waals surface area contributed by atoms with Crippen LogP contribution in [0, 0.1) is 34.5 Å². The number of hydrogen-bond acceptors (Lipinski definition) is 0. The monoisotopic (exact) mass is 526 g/mol. The fourth-order valence-electron chi connectivity index (χ4n) is 11.2. The molecular weight excluding hydrogens is 480 g/mol. The predicted octanol–water partition coefficient (Wildman–Crippen LogP) is 10.8. The Balaban J connectivity index is 1.54. The molecule has 6 aliphatic carbocycles. The van der Waals surface area contributed by atoms with Crippen molar-refractivity contribution >= 4 is 0 Å². The lowest BCUT2D eigenvalue weighted by Crippen LogP contribution is -2.33. The second kappa shape index (κ2) is 8.02. The van der Waals surface area contributed by atoms with E-state index in [0.29, 0.717) is 59.2 Å². The molecule has 0 amide bonds. The molecule has 2 aromatic rings. The Morgan fingerprint density at radius 3 is 1.27 bits per heavy atom. The Hall–Kier alpha value is -2.60. The third-order valence-electron chi connectivity index (χ3n) is 12.7. The lowest BCUT2D eigenvalue weighted by molar-refractivity contribution is 0.254. The third-order valence-corrected chi connectivity index (χ3v) is 12.7. The van der Waals surface area contributed by atoms with Gasteiger partial charge in [-0.05, 0) is 115 Å². The Bertz CT molecular complexity index is 1430. The molecule has 8 rings (SSSR count). The zero-order chi connectivity index (χ0) is 27.9. The van der Waals surface area contributed by atoms with Crippen LogP contribution in [0.2, 0.25) is 0 Å². The standard InChI is InChI=1S/C40H46/c1-21(2)23-17-19-27-33-31(23)35-25-13-9-11-15-29(25)39(5,6)37(35)28-20-18-24(22(3)4)32(34(28)33)36-26-14-10-12-16-30(26)40(7,8)38(27)36/h9-22,25-26,29-30,35-38H,1-8H3. The first kappa shape index (κ1) is 25.1. The first-order valence-electron chi connectivity index (χ1n) is 16.1. The van der Waals surface area contributed by atoms with Crippen molar-refractivity contribution in [3.63, 3.8) is 0 Å². The first-order chi connectivity index (χ1) is 19.1. The molecular formula is C40H46. The molecule has 2 saturated carbocycles. The van der Waals surface area contributed by atoms with Crippen LogP contribution in [0.4, 0.5) is 0 Å². The molecule has 0 radical (unpaired) electrons. The van der Waals surface area contributed by atoms with Crippen molar-refractivity contribution in [1.29, 1.82) is 0 Å². The fourth-order valence-corrected chi connectivity index (χ4v) is 11.2. The van der Waals surface area contributed by atoms with Gasteiger partial charge in [-0.15, -0.1) is 0 Å². The molecule has 206 valence electrons. The minimum Gasteiger partial charge on any atom is -0.0803 e. The maximum Gasteiger partial charge on any atom is -0.000954 e. The molecule has 0 bridgehead atoms. The van der Waals surface area contributed by atoms with Crippen molar-refractivity contribution in [3.05, 3.63) is 106 Å². The van der Waals surface area contributed by atoms with Gasteiger partial charge in [0.15, 0.2) is 0 Å². The molecule has 8 unspecified atom stereocenters. The SMILES string of the molecule is CC(C)c1ccc2c3c1C1C4C=CC=CC4C(C)(C)C1c1ccc(C(C)C)c(c1-3)C1C3C=CC=CC3C(C)(C)C21.